The van der Waals surface area contributed by atoms with Gasteiger partial charge in [0.15, 0.2) is 5.17 Å². The third kappa shape index (κ3) is 1.62. The molecule has 2 heterocycles. The Bertz CT molecular complexity index is 347. The summed E-state index contributed by atoms with van der Waals surface area (Å²) in [5.41, 5.74) is 2.04. The molecule has 1 saturated heterocycles. The van der Waals surface area contributed by atoms with Crippen LogP contribution in [0.4, 0.5) is 5.69 Å². The Kier molecular flexibility index (Phi) is 2.46. The molecule has 74 valence electrons. The van der Waals surface area contributed by atoms with Crippen LogP contribution in [-0.4, -0.2) is 21.9 Å². The van der Waals surface area contributed by atoms with E-state index in [0.29, 0.717) is 11.2 Å². The van der Waals surface area contributed by atoms with E-state index < -0.39 is 0 Å². The Morgan fingerprint density at radius 1 is 1.57 bits per heavy atom. The molecule has 0 bridgehead atoms. The van der Waals surface area contributed by atoms with Crippen LogP contribution in [0.25, 0.3) is 0 Å². The number of hydrogen-bond acceptors (Lipinski definition) is 3. The van der Waals surface area contributed by atoms with Gasteiger partial charge in [-0.3, -0.25) is 10.4 Å². The lowest BCUT2D eigenvalue weighted by Gasteiger charge is -2.21. The predicted molar refractivity (Wildman–Crippen MR) is 61.1 cm³/mol. The maximum absolute atomic E-state index is 7.79. The van der Waals surface area contributed by atoms with E-state index in [-0.39, 0.29) is 0 Å². The van der Waals surface area contributed by atoms with Crippen LogP contribution in [0, 0.1) is 12.3 Å². The molecule has 0 aromatic carbocycles. The summed E-state index contributed by atoms with van der Waals surface area (Å²) in [6, 6.07) is 4.41. The van der Waals surface area contributed by atoms with Gasteiger partial charge in [-0.1, -0.05) is 11.8 Å². The molecule has 1 unspecified atom stereocenters. The highest BCUT2D eigenvalue weighted by Crippen LogP contribution is 2.28. The summed E-state index contributed by atoms with van der Waals surface area (Å²) in [4.78, 5) is 6.27. The predicted octanol–water partition coefficient (Wildman–Crippen LogP) is 2.27. The average molecular weight is 207 g/mol. The van der Waals surface area contributed by atoms with E-state index in [4.69, 9.17) is 5.41 Å². The summed E-state index contributed by atoms with van der Waals surface area (Å²) in [5.74, 6) is 0.993. The normalized spacial score (nSPS) is 21.7. The molecule has 1 aliphatic rings. The number of anilines is 1. The third-order valence-electron chi connectivity index (χ3n) is 2.29. The van der Waals surface area contributed by atoms with Gasteiger partial charge >= 0.3 is 0 Å². The van der Waals surface area contributed by atoms with E-state index in [2.05, 4.69) is 11.9 Å². The number of hydrogen-bond donors (Lipinski definition) is 1. The van der Waals surface area contributed by atoms with Crippen molar-refractivity contribution in [1.82, 2.24) is 4.98 Å². The fourth-order valence-corrected chi connectivity index (χ4v) is 2.49. The van der Waals surface area contributed by atoms with Crippen molar-refractivity contribution in [3.63, 3.8) is 0 Å². The van der Waals surface area contributed by atoms with Crippen LogP contribution in [-0.2, 0) is 0 Å². The van der Waals surface area contributed by atoms with Crippen molar-refractivity contribution < 1.29 is 0 Å². The Morgan fingerprint density at radius 2 is 2.36 bits per heavy atom. The molecule has 0 amide bonds. The first-order valence-corrected chi connectivity index (χ1v) is 5.60. The lowest BCUT2D eigenvalue weighted by molar-refractivity contribution is 0.835. The molecular formula is C10H13N3S. The van der Waals surface area contributed by atoms with E-state index in [9.17, 15) is 0 Å². The van der Waals surface area contributed by atoms with Crippen LogP contribution < -0.4 is 4.90 Å². The SMILES string of the molecule is Cc1ccc(N2C(=N)SCC2C)cn1. The second-order valence-corrected chi connectivity index (χ2v) is 4.50. The van der Waals surface area contributed by atoms with E-state index in [1.807, 2.05) is 30.2 Å². The van der Waals surface area contributed by atoms with Crippen LogP contribution >= 0.6 is 11.8 Å². The molecule has 1 atom stereocenters. The minimum atomic E-state index is 0.400. The second-order valence-electron chi connectivity index (χ2n) is 3.49. The first kappa shape index (κ1) is 9.52. The Morgan fingerprint density at radius 3 is 2.86 bits per heavy atom. The summed E-state index contributed by atoms with van der Waals surface area (Å²) in [6.45, 7) is 4.10. The molecule has 0 radical (unpaired) electrons. The average Bonchev–Trinajstić information content (AvgIpc) is 2.49. The Balaban J connectivity index is 2.30. The molecule has 0 spiro atoms. The molecule has 1 aromatic rings. The number of aromatic nitrogens is 1. The van der Waals surface area contributed by atoms with Crippen molar-refractivity contribution in [2.75, 3.05) is 10.7 Å². The lowest BCUT2D eigenvalue weighted by Crippen LogP contribution is -2.30. The summed E-state index contributed by atoms with van der Waals surface area (Å²) in [5, 5.41) is 8.42. The van der Waals surface area contributed by atoms with Gasteiger partial charge in [0.2, 0.25) is 0 Å². The summed E-state index contributed by atoms with van der Waals surface area (Å²) < 4.78 is 0. The van der Waals surface area contributed by atoms with Crippen LogP contribution in [0.5, 0.6) is 0 Å². The zero-order chi connectivity index (χ0) is 10.1. The fraction of sp³-hybridized carbons (Fsp3) is 0.400. The van der Waals surface area contributed by atoms with Gasteiger partial charge in [0.25, 0.3) is 0 Å². The Labute approximate surface area is 88.0 Å². The molecule has 1 aliphatic heterocycles. The molecule has 3 nitrogen and oxygen atoms in total. The topological polar surface area (TPSA) is 40.0 Å². The summed E-state index contributed by atoms with van der Waals surface area (Å²) in [6.07, 6.45) is 1.84. The monoisotopic (exact) mass is 207 g/mol. The van der Waals surface area contributed by atoms with Crippen molar-refractivity contribution in [3.8, 4) is 0 Å². The smallest absolute Gasteiger partial charge is 0.161 e. The van der Waals surface area contributed by atoms with Crippen molar-refractivity contribution in [2.45, 2.75) is 19.9 Å². The molecule has 1 aromatic heterocycles. The number of thioether (sulfide) groups is 1. The highest BCUT2D eigenvalue weighted by atomic mass is 32.2. The van der Waals surface area contributed by atoms with Gasteiger partial charge < -0.3 is 4.90 Å². The van der Waals surface area contributed by atoms with Crippen molar-refractivity contribution in [3.05, 3.63) is 24.0 Å². The van der Waals surface area contributed by atoms with E-state index >= 15 is 0 Å². The molecule has 0 saturated carbocycles. The van der Waals surface area contributed by atoms with Crippen LogP contribution in [0.3, 0.4) is 0 Å². The van der Waals surface area contributed by atoms with E-state index in [1.54, 1.807) is 11.8 Å². The summed E-state index contributed by atoms with van der Waals surface area (Å²) in [7, 11) is 0. The van der Waals surface area contributed by atoms with Crippen molar-refractivity contribution in [1.29, 1.82) is 5.41 Å². The lowest BCUT2D eigenvalue weighted by atomic mass is 10.3. The van der Waals surface area contributed by atoms with Gasteiger partial charge in [-0.15, -0.1) is 0 Å². The van der Waals surface area contributed by atoms with Gasteiger partial charge in [-0.05, 0) is 26.0 Å². The Hall–Kier alpha value is -1.03. The quantitative estimate of drug-likeness (QED) is 0.768. The van der Waals surface area contributed by atoms with Crippen LogP contribution in [0.1, 0.15) is 12.6 Å². The van der Waals surface area contributed by atoms with Gasteiger partial charge in [0.1, 0.15) is 0 Å². The number of nitrogens with zero attached hydrogens (tertiary/aromatic N) is 2. The van der Waals surface area contributed by atoms with Crippen molar-refractivity contribution >= 4 is 22.6 Å². The molecule has 4 heteroatoms. The van der Waals surface area contributed by atoms with Crippen molar-refractivity contribution in [2.24, 2.45) is 0 Å². The van der Waals surface area contributed by atoms with Gasteiger partial charge in [-0.2, -0.15) is 0 Å². The standard InChI is InChI=1S/C10H13N3S/c1-7-3-4-9(5-12-7)13-8(2)6-14-10(13)11/h3-5,8,11H,6H2,1-2H3. The van der Waals surface area contributed by atoms with Crippen LogP contribution in [0.2, 0.25) is 0 Å². The number of rotatable bonds is 1. The van der Waals surface area contributed by atoms with E-state index in [1.165, 1.54) is 0 Å². The molecule has 2 rings (SSSR count). The minimum absolute atomic E-state index is 0.400. The number of pyridine rings is 1. The first-order chi connectivity index (χ1) is 6.68. The summed E-state index contributed by atoms with van der Waals surface area (Å²) >= 11 is 1.59. The highest BCUT2D eigenvalue weighted by Gasteiger charge is 2.26. The van der Waals surface area contributed by atoms with Gasteiger partial charge in [-0.25, -0.2) is 0 Å². The minimum Gasteiger partial charge on any atom is -0.316 e. The number of nitrogens with one attached hydrogen (secondary N) is 1. The molecule has 1 N–H and O–H groups in total. The highest BCUT2D eigenvalue weighted by molar-refractivity contribution is 8.14. The molecule has 0 aliphatic carbocycles. The zero-order valence-electron chi connectivity index (χ0n) is 8.32. The van der Waals surface area contributed by atoms with E-state index in [0.717, 1.165) is 17.1 Å². The first-order valence-electron chi connectivity index (χ1n) is 4.61. The number of amidine groups is 1. The van der Waals surface area contributed by atoms with Gasteiger partial charge in [0.05, 0.1) is 11.9 Å². The third-order valence-corrected chi connectivity index (χ3v) is 3.41. The van der Waals surface area contributed by atoms with Crippen LogP contribution in [0.15, 0.2) is 18.3 Å². The molecular weight excluding hydrogens is 194 g/mol. The maximum atomic E-state index is 7.79. The van der Waals surface area contributed by atoms with Gasteiger partial charge in [0, 0.05) is 17.5 Å². The fourth-order valence-electron chi connectivity index (χ4n) is 1.52. The largest absolute Gasteiger partial charge is 0.316 e. The maximum Gasteiger partial charge on any atom is 0.161 e. The second kappa shape index (κ2) is 3.61. The zero-order valence-corrected chi connectivity index (χ0v) is 9.14. The number of aryl methyl sites for hydroxylation is 1. The molecule has 14 heavy (non-hydrogen) atoms. The molecule has 1 fully saturated rings.